The summed E-state index contributed by atoms with van der Waals surface area (Å²) in [6.07, 6.45) is 0.435. The highest BCUT2D eigenvalue weighted by molar-refractivity contribution is 7.52. The number of hydrogen-bond donors (Lipinski definition) is 5. The Morgan fingerprint density at radius 1 is 0.492 bits per heavy atom. The third kappa shape index (κ3) is 38.2. The molecule has 0 bridgehead atoms. The molecule has 5 amide bonds. The van der Waals surface area contributed by atoms with Gasteiger partial charge in [0.2, 0.25) is 29.5 Å². The van der Waals surface area contributed by atoms with Crippen LogP contribution in [0.15, 0.2) is 0 Å². The first-order valence-corrected chi connectivity index (χ1v) is 22.9. The van der Waals surface area contributed by atoms with Gasteiger partial charge in [-0.15, -0.1) is 0 Å². The Labute approximate surface area is 374 Å². The zero-order valence-electron chi connectivity index (χ0n) is 37.5. The first-order valence-electron chi connectivity index (χ1n) is 21.3. The zero-order chi connectivity index (χ0) is 46.1. The van der Waals surface area contributed by atoms with Gasteiger partial charge in [0.1, 0.15) is 19.7 Å². The molecule has 0 aromatic heterocycles. The number of methoxy groups -OCH3 is 2. The average molecular weight is 933 g/mol. The van der Waals surface area contributed by atoms with Crippen molar-refractivity contribution in [2.24, 2.45) is 0 Å². The summed E-state index contributed by atoms with van der Waals surface area (Å²) in [5.74, 6) is -2.39. The average Bonchev–Trinajstić information content (AvgIpc) is 3.24. The van der Waals surface area contributed by atoms with Gasteiger partial charge in [-0.1, -0.05) is 28.2 Å². The minimum absolute atomic E-state index is 0. The second kappa shape index (κ2) is 43.1. The van der Waals surface area contributed by atoms with Crippen molar-refractivity contribution >= 4 is 37.1 Å². The maximum Gasteiger partial charge on any atom is 0.242 e. The number of ether oxygens (including phenoxy) is 9. The van der Waals surface area contributed by atoms with Gasteiger partial charge < -0.3 is 83.2 Å². The molecule has 0 heterocycles. The van der Waals surface area contributed by atoms with E-state index in [1.165, 1.54) is 7.11 Å². The van der Waals surface area contributed by atoms with E-state index in [-0.39, 0.29) is 111 Å². The second-order valence-electron chi connectivity index (χ2n) is 13.7. The topological polar surface area (TPSA) is 278 Å². The summed E-state index contributed by atoms with van der Waals surface area (Å²) < 4.78 is 64.1. The van der Waals surface area contributed by atoms with E-state index in [4.69, 9.17) is 47.2 Å². The minimum Gasteiger partial charge on any atom is -0.778 e. The lowest BCUT2D eigenvalue weighted by Gasteiger charge is -2.26. The molecule has 0 saturated carbocycles. The molecule has 3 unspecified atom stereocenters. The van der Waals surface area contributed by atoms with E-state index in [1.54, 1.807) is 21.0 Å². The van der Waals surface area contributed by atoms with Crippen LogP contribution in [0.4, 0.5) is 0 Å². The number of carbonyl (C=O) groups excluding carboxylic acids is 5. The molecule has 0 spiro atoms. The van der Waals surface area contributed by atoms with Gasteiger partial charge in [-0.3, -0.25) is 24.0 Å². The molecule has 0 aliphatic heterocycles. The van der Waals surface area contributed by atoms with Crippen LogP contribution >= 0.6 is 7.60 Å². The van der Waals surface area contributed by atoms with E-state index in [0.717, 1.165) is 6.42 Å². The summed E-state index contributed by atoms with van der Waals surface area (Å²) in [6, 6.07) is -2.15. The van der Waals surface area contributed by atoms with Crippen LogP contribution in [-0.2, 0) is 75.7 Å². The first-order chi connectivity index (χ1) is 29.9. The maximum atomic E-state index is 13.2. The van der Waals surface area contributed by atoms with Crippen LogP contribution in [0.2, 0.25) is 0 Å². The summed E-state index contributed by atoms with van der Waals surface area (Å²) in [5.41, 5.74) is -0.593. The molecule has 3 atom stereocenters. The van der Waals surface area contributed by atoms with Gasteiger partial charge in [0, 0.05) is 65.4 Å². The summed E-state index contributed by atoms with van der Waals surface area (Å²) in [4.78, 5) is 76.3. The Bertz CT molecular complexity index is 1220. The zero-order valence-corrected chi connectivity index (χ0v) is 38.4. The van der Waals surface area contributed by atoms with Crippen molar-refractivity contribution in [2.75, 3.05) is 146 Å². The molecule has 0 rings (SSSR count). The number of hydrogen-bond acceptors (Lipinski definition) is 17. The van der Waals surface area contributed by atoms with Crippen molar-refractivity contribution in [3.8, 4) is 0 Å². The Morgan fingerprint density at radius 3 is 1.30 bits per heavy atom. The fourth-order valence-electron chi connectivity index (χ4n) is 4.75. The molecule has 0 aliphatic rings. The van der Waals surface area contributed by atoms with Gasteiger partial charge in [0.05, 0.1) is 106 Å². The molecule has 63 heavy (non-hydrogen) atoms. The summed E-state index contributed by atoms with van der Waals surface area (Å²) in [6.45, 7) is 10.2. The second-order valence-corrected chi connectivity index (χ2v) is 16.1. The van der Waals surface area contributed by atoms with Crippen LogP contribution in [0, 0.1) is 0 Å². The molecule has 22 nitrogen and oxygen atoms in total. The highest BCUT2D eigenvalue weighted by atomic mass is 31.2. The molecule has 0 fully saturated rings. The SMILES string of the molecule is C.CCCOCCNC(=O)CCC(NC(=O)CCC(NC(=O)CCOCCOCCOCCOCCOP(=O)([O-])C(C)C)C(=O)NCCOCCOC)C(=O)NCCOCCOC. The standard InChI is InChI=1S/C39H76N5O17P.CH4/c1-6-15-54-17-12-40-35(45)9-7-33(38(48)41-13-18-56-22-20-52-4)43-36(46)10-8-34(39(49)42-14-19-57-23-21-53-5)44-37(47)11-16-55-24-25-58-26-27-59-28-29-60-30-31-61-62(50,51)32(2)3;/h32-34H,6-31H2,1-5H3,(H,40,45)(H,41,48)(H,42,49)(H,43,46)(H,44,47)(H,50,51);1H4/p-1. The fourth-order valence-corrected chi connectivity index (χ4v) is 5.37. The lowest BCUT2D eigenvalue weighted by molar-refractivity contribution is -0.201. The van der Waals surface area contributed by atoms with Gasteiger partial charge in [-0.2, -0.15) is 0 Å². The largest absolute Gasteiger partial charge is 0.778 e. The monoisotopic (exact) mass is 933 g/mol. The van der Waals surface area contributed by atoms with Crippen molar-refractivity contribution in [2.45, 2.75) is 84.5 Å². The highest BCUT2D eigenvalue weighted by Gasteiger charge is 2.25. The van der Waals surface area contributed by atoms with Crippen LogP contribution in [0.5, 0.6) is 0 Å². The Balaban J connectivity index is 0. The van der Waals surface area contributed by atoms with Crippen LogP contribution < -0.4 is 31.5 Å². The fraction of sp³-hybridized carbons (Fsp3) is 0.875. The first kappa shape index (κ1) is 62.2. The molecule has 0 aromatic rings. The van der Waals surface area contributed by atoms with E-state index in [2.05, 4.69) is 26.6 Å². The van der Waals surface area contributed by atoms with E-state index in [1.807, 2.05) is 6.92 Å². The Kier molecular flexibility index (Phi) is 42.5. The van der Waals surface area contributed by atoms with Crippen molar-refractivity contribution in [1.82, 2.24) is 26.6 Å². The highest BCUT2D eigenvalue weighted by Crippen LogP contribution is 2.41. The molecule has 372 valence electrons. The van der Waals surface area contributed by atoms with Gasteiger partial charge in [-0.05, 0) is 19.3 Å². The molecule has 23 heteroatoms. The van der Waals surface area contributed by atoms with Crippen molar-refractivity contribution in [3.05, 3.63) is 0 Å². The van der Waals surface area contributed by atoms with Crippen molar-refractivity contribution < 1.29 is 80.6 Å². The Hall–Kier alpha value is -2.86. The van der Waals surface area contributed by atoms with E-state index < -0.39 is 49.0 Å². The van der Waals surface area contributed by atoms with Gasteiger partial charge in [-0.25, -0.2) is 0 Å². The number of nitrogens with one attached hydrogen (secondary N) is 5. The van der Waals surface area contributed by atoms with E-state index in [0.29, 0.717) is 66.0 Å². The summed E-state index contributed by atoms with van der Waals surface area (Å²) in [5, 5.41) is 13.5. The molecule has 0 aliphatic carbocycles. The third-order valence-corrected chi connectivity index (χ3v) is 10.0. The van der Waals surface area contributed by atoms with Crippen molar-refractivity contribution in [1.29, 1.82) is 0 Å². The minimum atomic E-state index is -3.86. The normalized spacial score (nSPS) is 13.1. The summed E-state index contributed by atoms with van der Waals surface area (Å²) in [7, 11) is -0.777. The quantitative estimate of drug-likeness (QED) is 0.0387. The number of carbonyl (C=O) groups is 5. The van der Waals surface area contributed by atoms with Crippen LogP contribution in [0.1, 0.15) is 66.7 Å². The van der Waals surface area contributed by atoms with E-state index in [9.17, 15) is 33.4 Å². The van der Waals surface area contributed by atoms with Gasteiger partial charge in [0.15, 0.2) is 0 Å². The number of rotatable bonds is 44. The van der Waals surface area contributed by atoms with Crippen molar-refractivity contribution in [3.63, 3.8) is 0 Å². The van der Waals surface area contributed by atoms with Crippen LogP contribution in [0.3, 0.4) is 0 Å². The predicted molar refractivity (Wildman–Crippen MR) is 231 cm³/mol. The molecule has 0 aromatic carbocycles. The maximum absolute atomic E-state index is 13.2. The third-order valence-electron chi connectivity index (χ3n) is 8.22. The summed E-state index contributed by atoms with van der Waals surface area (Å²) >= 11 is 0. The number of amides is 5. The smallest absolute Gasteiger partial charge is 0.242 e. The van der Waals surface area contributed by atoms with E-state index >= 15 is 0 Å². The van der Waals surface area contributed by atoms with Gasteiger partial charge >= 0.3 is 0 Å². The van der Waals surface area contributed by atoms with Crippen LogP contribution in [-0.4, -0.2) is 193 Å². The lowest BCUT2D eigenvalue weighted by Crippen LogP contribution is -2.50. The Morgan fingerprint density at radius 2 is 0.857 bits per heavy atom. The predicted octanol–water partition coefficient (Wildman–Crippen LogP) is -0.311. The van der Waals surface area contributed by atoms with Crippen LogP contribution in [0.25, 0.3) is 0 Å². The molecular weight excluding hydrogens is 853 g/mol. The molecule has 0 saturated heterocycles. The molecule has 0 radical (unpaired) electrons. The lowest BCUT2D eigenvalue weighted by atomic mass is 10.1. The molecule has 5 N–H and O–H groups in total. The van der Waals surface area contributed by atoms with Gasteiger partial charge in [0.25, 0.3) is 0 Å². The molecular formula is C40H79N5O17P-.